The van der Waals surface area contributed by atoms with Crippen LogP contribution < -0.4 is 5.32 Å². The van der Waals surface area contributed by atoms with Crippen molar-refractivity contribution in [1.29, 1.82) is 5.26 Å². The Morgan fingerprint density at radius 3 is 2.53 bits per heavy atom. The molecular weight excluding hydrogens is 186 g/mol. The minimum atomic E-state index is 0.0124. The van der Waals surface area contributed by atoms with Gasteiger partial charge in [-0.15, -0.1) is 0 Å². The Labute approximate surface area is 93.5 Å². The van der Waals surface area contributed by atoms with Gasteiger partial charge in [0.1, 0.15) is 0 Å². The Kier molecular flexibility index (Phi) is 5.07. The molecule has 1 fully saturated rings. The Morgan fingerprint density at radius 1 is 1.47 bits per heavy atom. The van der Waals surface area contributed by atoms with Crippen LogP contribution in [0.1, 0.15) is 33.1 Å². The highest BCUT2D eigenvalue weighted by molar-refractivity contribution is 4.91. The minimum absolute atomic E-state index is 0.0124. The van der Waals surface area contributed by atoms with Crippen LogP contribution in [0.3, 0.4) is 0 Å². The van der Waals surface area contributed by atoms with Gasteiger partial charge in [-0.25, -0.2) is 0 Å². The van der Waals surface area contributed by atoms with Crippen molar-refractivity contribution in [3.8, 4) is 6.07 Å². The highest BCUT2D eigenvalue weighted by Crippen LogP contribution is 2.27. The first-order valence-electron chi connectivity index (χ1n) is 5.98. The molecule has 15 heavy (non-hydrogen) atoms. The summed E-state index contributed by atoms with van der Waals surface area (Å²) in [7, 11) is 1.86. The third kappa shape index (κ3) is 4.63. The molecule has 3 nitrogen and oxygen atoms in total. The lowest BCUT2D eigenvalue weighted by Gasteiger charge is -2.24. The van der Waals surface area contributed by atoms with Crippen LogP contribution in [0.2, 0.25) is 0 Å². The molecule has 1 aliphatic carbocycles. The lowest BCUT2D eigenvalue weighted by molar-refractivity contribution is 0.227. The number of rotatable bonds is 7. The van der Waals surface area contributed by atoms with Crippen LogP contribution in [0.15, 0.2) is 0 Å². The van der Waals surface area contributed by atoms with E-state index in [1.165, 1.54) is 19.4 Å². The molecule has 1 unspecified atom stereocenters. The van der Waals surface area contributed by atoms with Crippen molar-refractivity contribution in [2.75, 3.05) is 20.1 Å². The van der Waals surface area contributed by atoms with Crippen molar-refractivity contribution in [2.45, 2.75) is 45.2 Å². The maximum atomic E-state index is 8.84. The molecule has 0 aromatic carbocycles. The van der Waals surface area contributed by atoms with E-state index in [1.807, 2.05) is 7.05 Å². The second-order valence-corrected chi connectivity index (χ2v) is 4.88. The molecule has 1 aliphatic rings. The molecule has 0 aromatic rings. The Bertz CT molecular complexity index is 215. The van der Waals surface area contributed by atoms with Gasteiger partial charge in [0.25, 0.3) is 0 Å². The molecule has 0 bridgehead atoms. The van der Waals surface area contributed by atoms with Gasteiger partial charge in [-0.1, -0.05) is 13.8 Å². The van der Waals surface area contributed by atoms with E-state index in [0.29, 0.717) is 0 Å². The third-order valence-corrected chi connectivity index (χ3v) is 2.87. The predicted octanol–water partition coefficient (Wildman–Crippen LogP) is 1.61. The van der Waals surface area contributed by atoms with Gasteiger partial charge in [0, 0.05) is 19.1 Å². The minimum Gasteiger partial charge on any atom is -0.305 e. The smallest absolute Gasteiger partial charge is 0.0962 e. The molecule has 86 valence electrons. The van der Waals surface area contributed by atoms with Gasteiger partial charge < -0.3 is 10.2 Å². The van der Waals surface area contributed by atoms with Crippen LogP contribution in [0.25, 0.3) is 0 Å². The van der Waals surface area contributed by atoms with Gasteiger partial charge in [-0.3, -0.25) is 0 Å². The van der Waals surface area contributed by atoms with E-state index in [4.69, 9.17) is 5.26 Å². The van der Waals surface area contributed by atoms with Gasteiger partial charge in [-0.05, 0) is 32.2 Å². The molecule has 1 atom stereocenters. The molecular formula is C12H23N3. The first kappa shape index (κ1) is 12.5. The van der Waals surface area contributed by atoms with E-state index in [0.717, 1.165) is 24.9 Å². The summed E-state index contributed by atoms with van der Waals surface area (Å²) >= 11 is 0. The van der Waals surface area contributed by atoms with Crippen molar-refractivity contribution >= 4 is 0 Å². The average molecular weight is 209 g/mol. The Balaban J connectivity index is 2.28. The number of nitrogens with one attached hydrogen (secondary N) is 1. The van der Waals surface area contributed by atoms with Gasteiger partial charge in [0.15, 0.2) is 0 Å². The second kappa shape index (κ2) is 6.09. The monoisotopic (exact) mass is 209 g/mol. The summed E-state index contributed by atoms with van der Waals surface area (Å²) in [6.07, 6.45) is 3.64. The van der Waals surface area contributed by atoms with Crippen LogP contribution in [0.4, 0.5) is 0 Å². The van der Waals surface area contributed by atoms with E-state index >= 15 is 0 Å². The molecule has 3 heteroatoms. The number of hydrogen-bond donors (Lipinski definition) is 1. The number of hydrogen-bond acceptors (Lipinski definition) is 3. The van der Waals surface area contributed by atoms with Crippen LogP contribution in [0.5, 0.6) is 0 Å². The van der Waals surface area contributed by atoms with Crippen LogP contribution in [-0.2, 0) is 0 Å². The lowest BCUT2D eigenvalue weighted by Crippen LogP contribution is -2.35. The maximum absolute atomic E-state index is 8.84. The highest BCUT2D eigenvalue weighted by atomic mass is 15.2. The standard InChI is InChI=1S/C12H23N3/c1-10(2)9-15(12-4-5-12)7-6-11(8-13)14-3/h10-12,14H,4-7,9H2,1-3H3. The molecule has 0 radical (unpaired) electrons. The molecule has 1 rings (SSSR count). The highest BCUT2D eigenvalue weighted by Gasteiger charge is 2.29. The summed E-state index contributed by atoms with van der Waals surface area (Å²) in [5.41, 5.74) is 0. The summed E-state index contributed by atoms with van der Waals surface area (Å²) in [4.78, 5) is 2.55. The molecule has 1 N–H and O–H groups in total. The van der Waals surface area contributed by atoms with Crippen molar-refractivity contribution in [2.24, 2.45) is 5.92 Å². The first-order chi connectivity index (χ1) is 7.17. The first-order valence-corrected chi connectivity index (χ1v) is 5.98. The number of nitriles is 1. The molecule has 0 amide bonds. The molecule has 1 saturated carbocycles. The molecule has 0 aromatic heterocycles. The summed E-state index contributed by atoms with van der Waals surface area (Å²) in [5, 5.41) is 11.9. The molecule has 0 spiro atoms. The van der Waals surface area contributed by atoms with E-state index in [1.54, 1.807) is 0 Å². The zero-order valence-electron chi connectivity index (χ0n) is 10.2. The third-order valence-electron chi connectivity index (χ3n) is 2.87. The van der Waals surface area contributed by atoms with Crippen molar-refractivity contribution < 1.29 is 0 Å². The quantitative estimate of drug-likeness (QED) is 0.692. The van der Waals surface area contributed by atoms with Gasteiger partial charge in [-0.2, -0.15) is 5.26 Å². The predicted molar refractivity (Wildman–Crippen MR) is 62.5 cm³/mol. The van der Waals surface area contributed by atoms with E-state index in [-0.39, 0.29) is 6.04 Å². The molecule has 0 heterocycles. The maximum Gasteiger partial charge on any atom is 0.0962 e. The normalized spacial score (nSPS) is 18.1. The van der Waals surface area contributed by atoms with Gasteiger partial charge in [0.2, 0.25) is 0 Å². The fourth-order valence-electron chi connectivity index (χ4n) is 1.90. The average Bonchev–Trinajstić information content (AvgIpc) is 3.00. The Morgan fingerprint density at radius 2 is 2.13 bits per heavy atom. The summed E-state index contributed by atoms with van der Waals surface area (Å²) in [6, 6.07) is 3.10. The Hall–Kier alpha value is -0.590. The summed E-state index contributed by atoms with van der Waals surface area (Å²) < 4.78 is 0. The topological polar surface area (TPSA) is 39.1 Å². The largest absolute Gasteiger partial charge is 0.305 e. The van der Waals surface area contributed by atoms with Crippen molar-refractivity contribution in [3.63, 3.8) is 0 Å². The zero-order valence-corrected chi connectivity index (χ0v) is 10.2. The lowest BCUT2D eigenvalue weighted by atomic mass is 10.1. The fourth-order valence-corrected chi connectivity index (χ4v) is 1.90. The van der Waals surface area contributed by atoms with E-state index < -0.39 is 0 Å². The van der Waals surface area contributed by atoms with Crippen molar-refractivity contribution in [3.05, 3.63) is 0 Å². The van der Waals surface area contributed by atoms with E-state index in [2.05, 4.69) is 30.1 Å². The SMILES string of the molecule is CNC(C#N)CCN(CC(C)C)C1CC1. The summed E-state index contributed by atoms with van der Waals surface area (Å²) in [6.45, 7) is 6.75. The van der Waals surface area contributed by atoms with Crippen LogP contribution in [0, 0.1) is 17.2 Å². The van der Waals surface area contributed by atoms with Gasteiger partial charge in [0.05, 0.1) is 12.1 Å². The molecule has 0 aliphatic heterocycles. The summed E-state index contributed by atoms with van der Waals surface area (Å²) in [5.74, 6) is 0.723. The fraction of sp³-hybridized carbons (Fsp3) is 0.917. The van der Waals surface area contributed by atoms with Crippen molar-refractivity contribution in [1.82, 2.24) is 10.2 Å². The van der Waals surface area contributed by atoms with E-state index in [9.17, 15) is 0 Å². The zero-order chi connectivity index (χ0) is 11.3. The van der Waals surface area contributed by atoms with Gasteiger partial charge >= 0.3 is 0 Å². The van der Waals surface area contributed by atoms with Crippen LogP contribution >= 0.6 is 0 Å². The van der Waals surface area contributed by atoms with Crippen LogP contribution in [-0.4, -0.2) is 37.1 Å². The second-order valence-electron chi connectivity index (χ2n) is 4.88. The number of nitrogens with zero attached hydrogens (tertiary/aromatic N) is 2. The molecule has 0 saturated heterocycles.